The lowest BCUT2D eigenvalue weighted by Gasteiger charge is -2.07. The SMILES string of the molecule is CC1(C)COC(CCCO)=N1. The Bertz CT molecular complexity index is 163. The van der Waals surface area contributed by atoms with Crippen molar-refractivity contribution in [3.63, 3.8) is 0 Å². The molecular formula is C8H15NO2. The van der Waals surface area contributed by atoms with Crippen LogP contribution in [0.1, 0.15) is 26.7 Å². The van der Waals surface area contributed by atoms with Gasteiger partial charge in [0.1, 0.15) is 6.61 Å². The Morgan fingerprint density at radius 2 is 2.36 bits per heavy atom. The van der Waals surface area contributed by atoms with Crippen LogP contribution in [0.25, 0.3) is 0 Å². The fourth-order valence-corrected chi connectivity index (χ4v) is 1.02. The van der Waals surface area contributed by atoms with Crippen molar-refractivity contribution in [2.45, 2.75) is 32.2 Å². The van der Waals surface area contributed by atoms with E-state index in [0.29, 0.717) is 6.61 Å². The van der Waals surface area contributed by atoms with E-state index in [-0.39, 0.29) is 12.1 Å². The summed E-state index contributed by atoms with van der Waals surface area (Å²) in [5, 5.41) is 8.55. The molecule has 0 saturated carbocycles. The average Bonchev–Trinajstić information content (AvgIpc) is 2.26. The molecule has 0 saturated heterocycles. The maximum atomic E-state index is 8.55. The third-order valence-electron chi connectivity index (χ3n) is 1.57. The van der Waals surface area contributed by atoms with Gasteiger partial charge in [-0.1, -0.05) is 0 Å². The van der Waals surface area contributed by atoms with Crippen molar-refractivity contribution >= 4 is 5.90 Å². The van der Waals surface area contributed by atoms with Crippen LogP contribution in [0.3, 0.4) is 0 Å². The molecule has 0 atom stereocenters. The molecule has 0 aromatic heterocycles. The van der Waals surface area contributed by atoms with Crippen LogP contribution < -0.4 is 0 Å². The second-order valence-electron chi connectivity index (χ2n) is 3.43. The van der Waals surface area contributed by atoms with Crippen LogP contribution in [0.5, 0.6) is 0 Å². The largest absolute Gasteiger partial charge is 0.478 e. The van der Waals surface area contributed by atoms with E-state index >= 15 is 0 Å². The zero-order chi connectivity index (χ0) is 8.32. The van der Waals surface area contributed by atoms with Gasteiger partial charge in [0.2, 0.25) is 0 Å². The summed E-state index contributed by atoms with van der Waals surface area (Å²) in [6, 6.07) is 0. The van der Waals surface area contributed by atoms with Gasteiger partial charge >= 0.3 is 0 Å². The van der Waals surface area contributed by atoms with Crippen molar-refractivity contribution in [1.29, 1.82) is 0 Å². The summed E-state index contributed by atoms with van der Waals surface area (Å²) in [5.41, 5.74) is -0.0508. The van der Waals surface area contributed by atoms with Gasteiger partial charge in [-0.2, -0.15) is 0 Å². The summed E-state index contributed by atoms with van der Waals surface area (Å²) < 4.78 is 5.31. The molecule has 0 aromatic carbocycles. The first-order chi connectivity index (χ1) is 5.14. The molecule has 0 fully saturated rings. The zero-order valence-electron chi connectivity index (χ0n) is 7.13. The van der Waals surface area contributed by atoms with E-state index < -0.39 is 0 Å². The first kappa shape index (κ1) is 8.53. The van der Waals surface area contributed by atoms with Crippen LogP contribution in [0, 0.1) is 0 Å². The second-order valence-corrected chi connectivity index (χ2v) is 3.43. The fourth-order valence-electron chi connectivity index (χ4n) is 1.02. The number of hydrogen-bond donors (Lipinski definition) is 1. The molecule has 0 unspecified atom stereocenters. The minimum Gasteiger partial charge on any atom is -0.478 e. The van der Waals surface area contributed by atoms with Crippen molar-refractivity contribution in [1.82, 2.24) is 0 Å². The molecule has 1 N–H and O–H groups in total. The first-order valence-electron chi connectivity index (χ1n) is 3.96. The molecule has 3 heteroatoms. The third-order valence-corrected chi connectivity index (χ3v) is 1.57. The number of nitrogens with zero attached hydrogens (tertiary/aromatic N) is 1. The normalized spacial score (nSPS) is 21.2. The number of aliphatic hydroxyl groups excluding tert-OH is 1. The predicted octanol–water partition coefficient (Wildman–Crippen LogP) is 0.966. The Morgan fingerprint density at radius 3 is 2.82 bits per heavy atom. The lowest BCUT2D eigenvalue weighted by molar-refractivity contribution is 0.262. The molecule has 1 aliphatic heterocycles. The van der Waals surface area contributed by atoms with E-state index in [9.17, 15) is 0 Å². The standard InChI is InChI=1S/C8H15NO2/c1-8(2)6-11-7(9-8)4-3-5-10/h10H,3-6H2,1-2H3. The van der Waals surface area contributed by atoms with Crippen LogP contribution in [-0.2, 0) is 4.74 Å². The number of aliphatic hydroxyl groups is 1. The summed E-state index contributed by atoms with van der Waals surface area (Å²) in [6.07, 6.45) is 1.51. The highest BCUT2D eigenvalue weighted by atomic mass is 16.5. The first-order valence-corrected chi connectivity index (χ1v) is 3.96. The van der Waals surface area contributed by atoms with Crippen molar-refractivity contribution in [2.75, 3.05) is 13.2 Å². The molecule has 1 aliphatic rings. The zero-order valence-corrected chi connectivity index (χ0v) is 7.13. The van der Waals surface area contributed by atoms with Crippen LogP contribution in [0.2, 0.25) is 0 Å². The Labute approximate surface area is 67.1 Å². The lowest BCUT2D eigenvalue weighted by atomic mass is 10.1. The number of aliphatic imine (C=N–C) groups is 1. The van der Waals surface area contributed by atoms with Gasteiger partial charge in [-0.3, -0.25) is 0 Å². The lowest BCUT2D eigenvalue weighted by Crippen LogP contribution is -2.17. The number of rotatable bonds is 3. The molecule has 3 nitrogen and oxygen atoms in total. The van der Waals surface area contributed by atoms with Crippen molar-refractivity contribution in [3.8, 4) is 0 Å². The number of ether oxygens (including phenoxy) is 1. The maximum Gasteiger partial charge on any atom is 0.184 e. The molecular weight excluding hydrogens is 142 g/mol. The summed E-state index contributed by atoms with van der Waals surface area (Å²) in [5.74, 6) is 0.795. The van der Waals surface area contributed by atoms with Crippen molar-refractivity contribution in [3.05, 3.63) is 0 Å². The smallest absolute Gasteiger partial charge is 0.184 e. The van der Waals surface area contributed by atoms with Gasteiger partial charge in [-0.05, 0) is 20.3 Å². The van der Waals surface area contributed by atoms with Crippen LogP contribution >= 0.6 is 0 Å². The summed E-state index contributed by atoms with van der Waals surface area (Å²) in [6.45, 7) is 4.97. The molecule has 0 spiro atoms. The van der Waals surface area contributed by atoms with E-state index in [1.54, 1.807) is 0 Å². The van der Waals surface area contributed by atoms with Crippen molar-refractivity contribution < 1.29 is 9.84 Å². The predicted molar refractivity (Wildman–Crippen MR) is 43.8 cm³/mol. The summed E-state index contributed by atoms with van der Waals surface area (Å²) >= 11 is 0. The number of hydrogen-bond acceptors (Lipinski definition) is 3. The highest BCUT2D eigenvalue weighted by Gasteiger charge is 2.25. The minimum atomic E-state index is -0.0508. The van der Waals surface area contributed by atoms with Gasteiger partial charge in [-0.15, -0.1) is 0 Å². The molecule has 11 heavy (non-hydrogen) atoms. The van der Waals surface area contributed by atoms with Crippen LogP contribution in [0.15, 0.2) is 4.99 Å². The van der Waals surface area contributed by atoms with Crippen LogP contribution in [0.4, 0.5) is 0 Å². The van der Waals surface area contributed by atoms with Gasteiger partial charge < -0.3 is 9.84 Å². The highest BCUT2D eigenvalue weighted by Crippen LogP contribution is 2.18. The van der Waals surface area contributed by atoms with Gasteiger partial charge in [0.15, 0.2) is 5.90 Å². The van der Waals surface area contributed by atoms with Crippen LogP contribution in [-0.4, -0.2) is 29.8 Å². The molecule has 0 radical (unpaired) electrons. The molecule has 0 aliphatic carbocycles. The molecule has 64 valence electrons. The second kappa shape index (κ2) is 3.22. The molecule has 1 heterocycles. The summed E-state index contributed by atoms with van der Waals surface area (Å²) in [7, 11) is 0. The summed E-state index contributed by atoms with van der Waals surface area (Å²) in [4.78, 5) is 4.34. The molecule has 0 amide bonds. The Morgan fingerprint density at radius 1 is 1.64 bits per heavy atom. The molecule has 0 aromatic rings. The van der Waals surface area contributed by atoms with Gasteiger partial charge in [0.25, 0.3) is 0 Å². The quantitative estimate of drug-likeness (QED) is 0.663. The maximum absolute atomic E-state index is 8.55. The van der Waals surface area contributed by atoms with Gasteiger partial charge in [0, 0.05) is 13.0 Å². The Hall–Kier alpha value is -0.570. The molecule has 0 bridgehead atoms. The van der Waals surface area contributed by atoms with E-state index in [2.05, 4.69) is 4.99 Å². The third kappa shape index (κ3) is 2.50. The van der Waals surface area contributed by atoms with E-state index in [1.165, 1.54) is 0 Å². The topological polar surface area (TPSA) is 41.8 Å². The monoisotopic (exact) mass is 157 g/mol. The van der Waals surface area contributed by atoms with E-state index in [4.69, 9.17) is 9.84 Å². The average molecular weight is 157 g/mol. The van der Waals surface area contributed by atoms with Gasteiger partial charge in [-0.25, -0.2) is 4.99 Å². The van der Waals surface area contributed by atoms with Crippen molar-refractivity contribution in [2.24, 2.45) is 4.99 Å². The fraction of sp³-hybridized carbons (Fsp3) is 0.875. The van der Waals surface area contributed by atoms with E-state index in [1.807, 2.05) is 13.8 Å². The minimum absolute atomic E-state index is 0.0508. The molecule has 1 rings (SSSR count). The van der Waals surface area contributed by atoms with Gasteiger partial charge in [0.05, 0.1) is 5.54 Å². The highest BCUT2D eigenvalue weighted by molar-refractivity contribution is 5.78. The van der Waals surface area contributed by atoms with E-state index in [0.717, 1.165) is 18.7 Å². The Kier molecular flexibility index (Phi) is 2.49. The Balaban J connectivity index is 2.37.